The zero-order chi connectivity index (χ0) is 19.4. The Bertz CT molecular complexity index is 894. The maximum absolute atomic E-state index is 13.1. The Morgan fingerprint density at radius 3 is 2.59 bits per heavy atom. The molecule has 3 amide bonds. The molecule has 0 bridgehead atoms. The molecular formula is C20H20BrN3O3. The number of hydrogen-bond donors (Lipinski definition) is 3. The van der Waals surface area contributed by atoms with Gasteiger partial charge in [0.2, 0.25) is 0 Å². The summed E-state index contributed by atoms with van der Waals surface area (Å²) >= 11 is 3.40. The molecule has 1 heterocycles. The monoisotopic (exact) mass is 429 g/mol. The molecule has 0 saturated heterocycles. The molecule has 0 fully saturated rings. The Labute approximate surface area is 166 Å². The van der Waals surface area contributed by atoms with Gasteiger partial charge < -0.3 is 20.7 Å². The molecule has 140 valence electrons. The summed E-state index contributed by atoms with van der Waals surface area (Å²) in [4.78, 5) is 25.0. The lowest BCUT2D eigenvalue weighted by Crippen LogP contribution is -2.45. The quantitative estimate of drug-likeness (QED) is 0.668. The highest BCUT2D eigenvalue weighted by Gasteiger charge is 2.31. The van der Waals surface area contributed by atoms with E-state index in [4.69, 9.17) is 4.74 Å². The number of anilines is 1. The van der Waals surface area contributed by atoms with E-state index >= 15 is 0 Å². The highest BCUT2D eigenvalue weighted by molar-refractivity contribution is 9.10. The van der Waals surface area contributed by atoms with Crippen LogP contribution in [0.5, 0.6) is 5.75 Å². The van der Waals surface area contributed by atoms with E-state index in [2.05, 4.69) is 31.9 Å². The molecule has 1 aliphatic heterocycles. The molecule has 27 heavy (non-hydrogen) atoms. The third kappa shape index (κ3) is 4.31. The maximum atomic E-state index is 13.1. The van der Waals surface area contributed by atoms with Gasteiger partial charge in [0.15, 0.2) is 0 Å². The predicted molar refractivity (Wildman–Crippen MR) is 107 cm³/mol. The van der Waals surface area contributed by atoms with E-state index < -0.39 is 6.04 Å². The van der Waals surface area contributed by atoms with E-state index in [-0.39, 0.29) is 11.9 Å². The van der Waals surface area contributed by atoms with Crippen molar-refractivity contribution in [1.82, 2.24) is 10.6 Å². The van der Waals surface area contributed by atoms with Gasteiger partial charge in [0.1, 0.15) is 5.75 Å². The van der Waals surface area contributed by atoms with Crippen molar-refractivity contribution in [2.45, 2.75) is 19.9 Å². The maximum Gasteiger partial charge on any atom is 0.319 e. The van der Waals surface area contributed by atoms with Crippen molar-refractivity contribution in [3.8, 4) is 5.75 Å². The summed E-state index contributed by atoms with van der Waals surface area (Å²) in [6.07, 6.45) is 0. The fourth-order valence-electron chi connectivity index (χ4n) is 2.94. The minimum atomic E-state index is -0.550. The van der Waals surface area contributed by atoms with Gasteiger partial charge in [-0.25, -0.2) is 4.79 Å². The molecule has 2 aromatic carbocycles. The average Bonchev–Trinajstić information content (AvgIpc) is 2.63. The van der Waals surface area contributed by atoms with Crippen molar-refractivity contribution in [3.63, 3.8) is 0 Å². The molecule has 1 aliphatic rings. The first-order valence-electron chi connectivity index (χ1n) is 8.56. The van der Waals surface area contributed by atoms with Crippen LogP contribution in [-0.2, 0) is 4.79 Å². The first kappa shape index (κ1) is 19.0. The molecule has 3 rings (SSSR count). The summed E-state index contributed by atoms with van der Waals surface area (Å²) in [5.41, 5.74) is 2.35. The second kappa shape index (κ2) is 8.26. The lowest BCUT2D eigenvalue weighted by molar-refractivity contribution is -0.113. The SMILES string of the molecule is CCOc1ccccc1NC(=O)C1=C(C)NC(=O)NC1c1ccc(Br)cc1. The number of benzene rings is 2. The van der Waals surface area contributed by atoms with Crippen molar-refractivity contribution in [2.75, 3.05) is 11.9 Å². The lowest BCUT2D eigenvalue weighted by atomic mass is 9.95. The molecule has 6 nitrogen and oxygen atoms in total. The lowest BCUT2D eigenvalue weighted by Gasteiger charge is -2.29. The van der Waals surface area contributed by atoms with Crippen molar-refractivity contribution in [2.24, 2.45) is 0 Å². The van der Waals surface area contributed by atoms with Gasteiger partial charge in [-0.1, -0.05) is 40.2 Å². The van der Waals surface area contributed by atoms with Crippen LogP contribution < -0.4 is 20.7 Å². The summed E-state index contributed by atoms with van der Waals surface area (Å²) in [5.74, 6) is 0.291. The normalized spacial score (nSPS) is 16.4. The van der Waals surface area contributed by atoms with Crippen LogP contribution in [0.4, 0.5) is 10.5 Å². The van der Waals surface area contributed by atoms with Crippen molar-refractivity contribution >= 4 is 33.6 Å². The number of rotatable bonds is 5. The summed E-state index contributed by atoms with van der Waals surface area (Å²) in [5, 5.41) is 8.40. The third-order valence-corrected chi connectivity index (χ3v) is 4.68. The number of nitrogens with one attached hydrogen (secondary N) is 3. The van der Waals surface area contributed by atoms with E-state index in [1.54, 1.807) is 19.1 Å². The molecule has 7 heteroatoms. The number of ether oxygens (including phenoxy) is 1. The molecule has 0 spiro atoms. The summed E-state index contributed by atoms with van der Waals surface area (Å²) in [6.45, 7) is 4.09. The fourth-order valence-corrected chi connectivity index (χ4v) is 3.21. The molecule has 0 aliphatic carbocycles. The van der Waals surface area contributed by atoms with Crippen LogP contribution in [0.15, 0.2) is 64.3 Å². The van der Waals surface area contributed by atoms with Gasteiger partial charge in [-0.2, -0.15) is 0 Å². The minimum absolute atomic E-state index is 0.305. The Morgan fingerprint density at radius 2 is 1.89 bits per heavy atom. The summed E-state index contributed by atoms with van der Waals surface area (Å²) < 4.78 is 6.49. The van der Waals surface area contributed by atoms with Crippen LogP contribution >= 0.6 is 15.9 Å². The van der Waals surface area contributed by atoms with Gasteiger partial charge in [-0.05, 0) is 43.7 Å². The van der Waals surface area contributed by atoms with Gasteiger partial charge >= 0.3 is 6.03 Å². The molecule has 1 atom stereocenters. The number of hydrogen-bond acceptors (Lipinski definition) is 3. The molecular weight excluding hydrogens is 410 g/mol. The Hall–Kier alpha value is -2.80. The Kier molecular flexibility index (Phi) is 5.81. The first-order chi connectivity index (χ1) is 13.0. The van der Waals surface area contributed by atoms with Crippen LogP contribution in [-0.4, -0.2) is 18.5 Å². The predicted octanol–water partition coefficient (Wildman–Crippen LogP) is 4.11. The summed E-state index contributed by atoms with van der Waals surface area (Å²) in [7, 11) is 0. The van der Waals surface area contributed by atoms with Crippen LogP contribution in [0, 0.1) is 0 Å². The first-order valence-corrected chi connectivity index (χ1v) is 9.35. The molecule has 1 unspecified atom stereocenters. The molecule has 2 aromatic rings. The van der Waals surface area contributed by atoms with Crippen molar-refractivity contribution < 1.29 is 14.3 Å². The van der Waals surface area contributed by atoms with E-state index in [0.717, 1.165) is 10.0 Å². The molecule has 0 radical (unpaired) electrons. The zero-order valence-corrected chi connectivity index (χ0v) is 16.6. The largest absolute Gasteiger partial charge is 0.492 e. The molecule has 0 saturated carbocycles. The van der Waals surface area contributed by atoms with Crippen LogP contribution in [0.1, 0.15) is 25.5 Å². The highest BCUT2D eigenvalue weighted by Crippen LogP contribution is 2.30. The van der Waals surface area contributed by atoms with Crippen molar-refractivity contribution in [1.29, 1.82) is 0 Å². The fraction of sp³-hybridized carbons (Fsp3) is 0.200. The van der Waals surface area contributed by atoms with Gasteiger partial charge in [0, 0.05) is 10.2 Å². The van der Waals surface area contributed by atoms with E-state index in [9.17, 15) is 9.59 Å². The number of carbonyl (C=O) groups excluding carboxylic acids is 2. The standard InChI is InChI=1S/C20H20BrN3O3/c1-3-27-16-7-5-4-6-15(16)23-19(25)17-12(2)22-20(26)24-18(17)13-8-10-14(21)11-9-13/h4-11,18H,3H2,1-2H3,(H,23,25)(H2,22,24,26). The van der Waals surface area contributed by atoms with Gasteiger partial charge in [-0.15, -0.1) is 0 Å². The number of amides is 3. The second-order valence-electron chi connectivity index (χ2n) is 6.00. The Morgan fingerprint density at radius 1 is 1.19 bits per heavy atom. The average molecular weight is 430 g/mol. The van der Waals surface area contributed by atoms with E-state index in [1.165, 1.54) is 0 Å². The number of para-hydroxylation sites is 2. The molecule has 0 aromatic heterocycles. The van der Waals surface area contributed by atoms with E-state index in [1.807, 2.05) is 43.3 Å². The van der Waals surface area contributed by atoms with Gasteiger partial charge in [-0.3, -0.25) is 4.79 Å². The number of halogens is 1. The number of carbonyl (C=O) groups is 2. The topological polar surface area (TPSA) is 79.5 Å². The van der Waals surface area contributed by atoms with Gasteiger partial charge in [0.05, 0.1) is 23.9 Å². The van der Waals surface area contributed by atoms with Crippen LogP contribution in [0.25, 0.3) is 0 Å². The minimum Gasteiger partial charge on any atom is -0.492 e. The van der Waals surface area contributed by atoms with Gasteiger partial charge in [0.25, 0.3) is 5.91 Å². The second-order valence-corrected chi connectivity index (χ2v) is 6.92. The van der Waals surface area contributed by atoms with E-state index in [0.29, 0.717) is 29.3 Å². The zero-order valence-electron chi connectivity index (χ0n) is 15.0. The highest BCUT2D eigenvalue weighted by atomic mass is 79.9. The van der Waals surface area contributed by atoms with Crippen molar-refractivity contribution in [3.05, 3.63) is 69.8 Å². The number of allylic oxidation sites excluding steroid dienone is 1. The molecule has 3 N–H and O–H groups in total. The number of urea groups is 1. The third-order valence-electron chi connectivity index (χ3n) is 4.15. The van der Waals surface area contributed by atoms with Crippen LogP contribution in [0.3, 0.4) is 0 Å². The van der Waals surface area contributed by atoms with Crippen LogP contribution in [0.2, 0.25) is 0 Å². The smallest absolute Gasteiger partial charge is 0.319 e. The summed E-state index contributed by atoms with van der Waals surface area (Å²) in [6, 6.07) is 13.8. The Balaban J connectivity index is 1.93.